The molecule has 0 atom stereocenters. The molecule has 1 aromatic heterocycles. The second kappa shape index (κ2) is 9.78. The highest BCUT2D eigenvalue weighted by molar-refractivity contribution is 5.79. The Bertz CT molecular complexity index is 944. The third-order valence-electron chi connectivity index (χ3n) is 4.97. The minimum atomic E-state index is 0.704. The normalized spacial score (nSPS) is 11.4. The summed E-state index contributed by atoms with van der Waals surface area (Å²) in [5.41, 5.74) is 6.22. The molecular weight excluding hydrogens is 360 g/mol. The van der Waals surface area contributed by atoms with Gasteiger partial charge in [0, 0.05) is 52.3 Å². The van der Waals surface area contributed by atoms with Crippen LogP contribution in [0.4, 0.5) is 5.69 Å². The molecule has 0 aliphatic rings. The van der Waals surface area contributed by atoms with Gasteiger partial charge < -0.3 is 15.5 Å². The molecule has 0 radical (unpaired) electrons. The van der Waals surface area contributed by atoms with E-state index in [4.69, 9.17) is 0 Å². The molecule has 6 heteroatoms. The zero-order valence-corrected chi connectivity index (χ0v) is 17.7. The highest BCUT2D eigenvalue weighted by atomic mass is 15.3. The van der Waals surface area contributed by atoms with Gasteiger partial charge in [-0.1, -0.05) is 30.3 Å². The van der Waals surface area contributed by atoms with Gasteiger partial charge in [-0.3, -0.25) is 9.67 Å². The van der Waals surface area contributed by atoms with Crippen molar-refractivity contribution in [2.75, 3.05) is 26.0 Å². The maximum absolute atomic E-state index is 4.37. The van der Waals surface area contributed by atoms with Crippen molar-refractivity contribution in [1.29, 1.82) is 0 Å². The molecule has 6 nitrogen and oxygen atoms in total. The van der Waals surface area contributed by atoms with E-state index in [2.05, 4.69) is 89.1 Å². The van der Waals surface area contributed by atoms with E-state index in [9.17, 15) is 0 Å². The highest BCUT2D eigenvalue weighted by Gasteiger charge is 2.06. The average molecular weight is 391 g/mol. The molecule has 0 spiro atoms. The van der Waals surface area contributed by atoms with Crippen LogP contribution in [0.25, 0.3) is 0 Å². The third kappa shape index (κ3) is 5.60. The van der Waals surface area contributed by atoms with Crippen LogP contribution in [-0.2, 0) is 19.6 Å². The summed E-state index contributed by atoms with van der Waals surface area (Å²) >= 11 is 0. The number of hydrogen-bond donors (Lipinski definition) is 2. The van der Waals surface area contributed by atoms with Gasteiger partial charge >= 0.3 is 0 Å². The summed E-state index contributed by atoms with van der Waals surface area (Å²) in [6.45, 7) is 4.34. The van der Waals surface area contributed by atoms with Crippen LogP contribution < -0.4 is 15.5 Å². The maximum atomic E-state index is 4.37. The monoisotopic (exact) mass is 390 g/mol. The predicted molar refractivity (Wildman–Crippen MR) is 120 cm³/mol. The largest absolute Gasteiger partial charge is 0.378 e. The number of nitrogens with one attached hydrogen (secondary N) is 2. The van der Waals surface area contributed by atoms with E-state index in [1.54, 1.807) is 13.2 Å². The van der Waals surface area contributed by atoms with Crippen molar-refractivity contribution in [3.05, 3.63) is 83.2 Å². The Balaban J connectivity index is 1.59. The van der Waals surface area contributed by atoms with Crippen molar-refractivity contribution in [2.45, 2.75) is 26.6 Å². The number of anilines is 1. The summed E-state index contributed by atoms with van der Waals surface area (Å²) in [7, 11) is 5.91. The van der Waals surface area contributed by atoms with E-state index in [1.165, 1.54) is 27.9 Å². The number of benzene rings is 2. The highest BCUT2D eigenvalue weighted by Crippen LogP contribution is 2.17. The molecule has 2 aromatic carbocycles. The number of aromatic nitrogens is 2. The van der Waals surface area contributed by atoms with Crippen molar-refractivity contribution in [2.24, 2.45) is 4.99 Å². The molecule has 0 fully saturated rings. The molecule has 3 rings (SSSR count). The van der Waals surface area contributed by atoms with Crippen molar-refractivity contribution in [3.8, 4) is 0 Å². The smallest absolute Gasteiger partial charge is 0.191 e. The summed E-state index contributed by atoms with van der Waals surface area (Å²) in [4.78, 5) is 6.48. The number of rotatable bonds is 7. The zero-order chi connectivity index (χ0) is 20.6. The van der Waals surface area contributed by atoms with E-state index in [-0.39, 0.29) is 0 Å². The maximum Gasteiger partial charge on any atom is 0.191 e. The van der Waals surface area contributed by atoms with E-state index < -0.39 is 0 Å². The van der Waals surface area contributed by atoms with Crippen LogP contribution in [0, 0.1) is 6.92 Å². The summed E-state index contributed by atoms with van der Waals surface area (Å²) in [5.74, 6) is 0.787. The first-order valence-electron chi connectivity index (χ1n) is 9.82. The van der Waals surface area contributed by atoms with E-state index >= 15 is 0 Å². The van der Waals surface area contributed by atoms with E-state index in [0.717, 1.165) is 19.0 Å². The van der Waals surface area contributed by atoms with Crippen LogP contribution in [0.1, 0.15) is 22.3 Å². The minimum Gasteiger partial charge on any atom is -0.378 e. The molecule has 1 heterocycles. The molecule has 0 saturated heterocycles. The van der Waals surface area contributed by atoms with Crippen molar-refractivity contribution in [1.82, 2.24) is 20.4 Å². The molecule has 3 aromatic rings. The lowest BCUT2D eigenvalue weighted by Crippen LogP contribution is -2.36. The van der Waals surface area contributed by atoms with Crippen LogP contribution in [0.3, 0.4) is 0 Å². The number of aliphatic imine (C=N–C) groups is 1. The molecule has 0 aliphatic carbocycles. The Morgan fingerprint density at radius 2 is 1.72 bits per heavy atom. The lowest BCUT2D eigenvalue weighted by atomic mass is 10.1. The third-order valence-corrected chi connectivity index (χ3v) is 4.97. The number of nitrogens with zero attached hydrogens (tertiary/aromatic N) is 4. The van der Waals surface area contributed by atoms with Gasteiger partial charge in [-0.05, 0) is 47.4 Å². The fraction of sp³-hybridized carbons (Fsp3) is 0.304. The van der Waals surface area contributed by atoms with E-state index in [0.29, 0.717) is 6.54 Å². The van der Waals surface area contributed by atoms with Gasteiger partial charge in [0.2, 0.25) is 0 Å². The fourth-order valence-electron chi connectivity index (χ4n) is 3.19. The lowest BCUT2D eigenvalue weighted by molar-refractivity contribution is 0.677. The Labute approximate surface area is 173 Å². The zero-order valence-electron chi connectivity index (χ0n) is 17.7. The first-order chi connectivity index (χ1) is 14.1. The standard InChI is InChI=1S/C23H30N6/c1-18-14-22(28(3)4)11-10-19(18)15-25-23(24-2)26-16-20-8-5-6-9-21(20)17-29-13-7-12-27-29/h5-14H,15-17H2,1-4H3,(H2,24,25,26). The predicted octanol–water partition coefficient (Wildman–Crippen LogP) is 3.17. The molecule has 29 heavy (non-hydrogen) atoms. The molecule has 0 amide bonds. The molecule has 0 unspecified atom stereocenters. The first-order valence-corrected chi connectivity index (χ1v) is 9.82. The Hall–Kier alpha value is -3.28. The van der Waals surface area contributed by atoms with Crippen molar-refractivity contribution in [3.63, 3.8) is 0 Å². The van der Waals surface area contributed by atoms with Gasteiger partial charge in [0.1, 0.15) is 0 Å². The second-order valence-corrected chi connectivity index (χ2v) is 7.26. The Kier molecular flexibility index (Phi) is 6.89. The fourth-order valence-corrected chi connectivity index (χ4v) is 3.19. The van der Waals surface area contributed by atoms with Gasteiger partial charge in [-0.2, -0.15) is 5.10 Å². The molecular formula is C23H30N6. The van der Waals surface area contributed by atoms with Gasteiger partial charge in [-0.25, -0.2) is 0 Å². The van der Waals surface area contributed by atoms with Crippen LogP contribution >= 0.6 is 0 Å². The van der Waals surface area contributed by atoms with Gasteiger partial charge in [0.25, 0.3) is 0 Å². The minimum absolute atomic E-state index is 0.704. The van der Waals surface area contributed by atoms with Crippen molar-refractivity contribution >= 4 is 11.6 Å². The van der Waals surface area contributed by atoms with Crippen LogP contribution in [0.5, 0.6) is 0 Å². The quantitative estimate of drug-likeness (QED) is 0.481. The molecule has 2 N–H and O–H groups in total. The summed E-state index contributed by atoms with van der Waals surface area (Å²) < 4.78 is 1.94. The number of guanidine groups is 1. The number of aryl methyl sites for hydroxylation is 1. The van der Waals surface area contributed by atoms with Crippen LogP contribution in [0.15, 0.2) is 65.9 Å². The molecule has 0 bridgehead atoms. The first kappa shape index (κ1) is 20.5. The van der Waals surface area contributed by atoms with Crippen LogP contribution in [0.2, 0.25) is 0 Å². The average Bonchev–Trinajstić information content (AvgIpc) is 3.23. The molecule has 0 aliphatic heterocycles. The van der Waals surface area contributed by atoms with E-state index in [1.807, 2.05) is 16.9 Å². The second-order valence-electron chi connectivity index (χ2n) is 7.26. The van der Waals surface area contributed by atoms with Crippen LogP contribution in [-0.4, -0.2) is 36.9 Å². The van der Waals surface area contributed by atoms with Gasteiger partial charge in [-0.15, -0.1) is 0 Å². The lowest BCUT2D eigenvalue weighted by Gasteiger charge is -2.17. The number of hydrogen-bond acceptors (Lipinski definition) is 3. The molecule has 152 valence electrons. The summed E-state index contributed by atoms with van der Waals surface area (Å²) in [6, 6.07) is 16.9. The Morgan fingerprint density at radius 1 is 1.00 bits per heavy atom. The van der Waals surface area contributed by atoms with Gasteiger partial charge in [0.15, 0.2) is 5.96 Å². The molecule has 0 saturated carbocycles. The summed E-state index contributed by atoms with van der Waals surface area (Å²) in [5, 5.41) is 11.2. The topological polar surface area (TPSA) is 57.5 Å². The summed E-state index contributed by atoms with van der Waals surface area (Å²) in [6.07, 6.45) is 3.79. The van der Waals surface area contributed by atoms with Crippen molar-refractivity contribution < 1.29 is 0 Å². The van der Waals surface area contributed by atoms with Gasteiger partial charge in [0.05, 0.1) is 6.54 Å². The SMILES string of the molecule is CN=C(NCc1ccc(N(C)C)cc1C)NCc1ccccc1Cn1cccn1. The Morgan fingerprint density at radius 3 is 2.34 bits per heavy atom.